The average molecular weight is 341 g/mol. The van der Waals surface area contributed by atoms with Crippen molar-refractivity contribution in [1.82, 2.24) is 16.0 Å². The van der Waals surface area contributed by atoms with E-state index in [9.17, 15) is 14.4 Å². The van der Waals surface area contributed by atoms with Crippen LogP contribution < -0.4 is 16.0 Å². The maximum absolute atomic E-state index is 12.8. The van der Waals surface area contributed by atoms with Crippen molar-refractivity contribution >= 4 is 17.8 Å². The number of carbonyl (C=O) groups excluding carboxylic acids is 3. The molecule has 1 aromatic rings. The van der Waals surface area contributed by atoms with Gasteiger partial charge in [-0.3, -0.25) is 14.9 Å². The summed E-state index contributed by atoms with van der Waals surface area (Å²) in [6.45, 7) is 4.36. The lowest BCUT2D eigenvalue weighted by molar-refractivity contribution is -0.137. The zero-order valence-electron chi connectivity index (χ0n) is 14.5. The summed E-state index contributed by atoms with van der Waals surface area (Å²) in [5, 5.41) is 8.13. The van der Waals surface area contributed by atoms with E-state index in [1.54, 1.807) is 0 Å². The zero-order chi connectivity index (χ0) is 17.8. The van der Waals surface area contributed by atoms with Gasteiger partial charge in [0.1, 0.15) is 5.54 Å². The Kier molecular flexibility index (Phi) is 3.42. The molecule has 1 saturated carbocycles. The second-order valence-corrected chi connectivity index (χ2v) is 8.22. The molecule has 1 spiro atoms. The molecule has 0 radical (unpaired) electrons. The van der Waals surface area contributed by atoms with Crippen molar-refractivity contribution in [2.24, 2.45) is 11.3 Å². The van der Waals surface area contributed by atoms with Crippen LogP contribution in [0, 0.1) is 11.3 Å². The third-order valence-corrected chi connectivity index (χ3v) is 6.05. The smallest absolute Gasteiger partial charge is 0.322 e. The SMILES string of the molecule is CC1(C)CCc2ccccc2C1NC(=O)C1CC2(C1)NC(=O)NC2=O. The van der Waals surface area contributed by atoms with Crippen LogP contribution in [0.5, 0.6) is 0 Å². The van der Waals surface area contributed by atoms with Crippen molar-refractivity contribution in [3.8, 4) is 0 Å². The van der Waals surface area contributed by atoms with Crippen LogP contribution >= 0.6 is 0 Å². The molecule has 3 aliphatic rings. The number of nitrogens with one attached hydrogen (secondary N) is 3. The molecule has 6 nitrogen and oxygen atoms in total. The third-order valence-electron chi connectivity index (χ3n) is 6.05. The predicted molar refractivity (Wildman–Crippen MR) is 91.6 cm³/mol. The predicted octanol–water partition coefficient (Wildman–Crippen LogP) is 1.80. The fraction of sp³-hybridized carbons (Fsp3) is 0.526. The Labute approximate surface area is 146 Å². The standard InChI is InChI=1S/C19H23N3O3/c1-18(2)8-7-11-5-3-4-6-13(11)14(18)20-15(23)12-9-19(10-12)16(24)21-17(25)22-19/h3-6,12,14H,7-10H2,1-2H3,(H,20,23)(H2,21,22,24,25). The highest BCUT2D eigenvalue weighted by Gasteiger charge is 2.57. The summed E-state index contributed by atoms with van der Waals surface area (Å²) >= 11 is 0. The number of carbonyl (C=O) groups is 3. The molecule has 1 atom stereocenters. The van der Waals surface area contributed by atoms with Crippen LogP contribution in [0.25, 0.3) is 0 Å². The van der Waals surface area contributed by atoms with Gasteiger partial charge in [-0.1, -0.05) is 38.1 Å². The molecule has 25 heavy (non-hydrogen) atoms. The van der Waals surface area contributed by atoms with Gasteiger partial charge in [0.2, 0.25) is 5.91 Å². The van der Waals surface area contributed by atoms with Gasteiger partial charge in [-0.25, -0.2) is 4.79 Å². The number of benzene rings is 1. The van der Waals surface area contributed by atoms with E-state index < -0.39 is 11.6 Å². The van der Waals surface area contributed by atoms with E-state index in [-0.39, 0.29) is 29.2 Å². The first-order valence-electron chi connectivity index (χ1n) is 8.83. The van der Waals surface area contributed by atoms with Crippen LogP contribution in [0.15, 0.2) is 24.3 Å². The number of amides is 4. The van der Waals surface area contributed by atoms with E-state index in [1.165, 1.54) is 11.1 Å². The fourth-order valence-corrected chi connectivity index (χ4v) is 4.38. The van der Waals surface area contributed by atoms with Crippen molar-refractivity contribution in [3.63, 3.8) is 0 Å². The fourth-order valence-electron chi connectivity index (χ4n) is 4.38. The lowest BCUT2D eigenvalue weighted by atomic mass is 9.66. The van der Waals surface area contributed by atoms with Crippen molar-refractivity contribution < 1.29 is 14.4 Å². The number of rotatable bonds is 2. The molecule has 0 bridgehead atoms. The summed E-state index contributed by atoms with van der Waals surface area (Å²) in [7, 11) is 0. The van der Waals surface area contributed by atoms with Crippen LogP contribution in [0.1, 0.15) is 50.3 Å². The summed E-state index contributed by atoms with van der Waals surface area (Å²) in [6, 6.07) is 7.76. The minimum Gasteiger partial charge on any atom is -0.349 e. The van der Waals surface area contributed by atoms with Crippen LogP contribution in [-0.4, -0.2) is 23.4 Å². The third kappa shape index (κ3) is 2.51. The molecular formula is C19H23N3O3. The summed E-state index contributed by atoms with van der Waals surface area (Å²) in [4.78, 5) is 36.0. The first-order valence-corrected chi connectivity index (χ1v) is 8.83. The Morgan fingerprint density at radius 1 is 1.20 bits per heavy atom. The largest absolute Gasteiger partial charge is 0.349 e. The summed E-state index contributed by atoms with van der Waals surface area (Å²) in [6.07, 6.45) is 2.77. The molecule has 132 valence electrons. The average Bonchev–Trinajstić information content (AvgIpc) is 2.83. The Balaban J connectivity index is 1.48. The Bertz CT molecular complexity index is 765. The number of hydrogen-bond acceptors (Lipinski definition) is 3. The van der Waals surface area contributed by atoms with E-state index >= 15 is 0 Å². The van der Waals surface area contributed by atoms with Gasteiger partial charge < -0.3 is 10.6 Å². The zero-order valence-corrected chi connectivity index (χ0v) is 14.5. The number of fused-ring (bicyclic) bond motifs is 1. The van der Waals surface area contributed by atoms with Crippen LogP contribution in [0.4, 0.5) is 4.79 Å². The Hall–Kier alpha value is -2.37. The van der Waals surface area contributed by atoms with Gasteiger partial charge in [0.25, 0.3) is 5.91 Å². The van der Waals surface area contributed by atoms with Gasteiger partial charge >= 0.3 is 6.03 Å². The highest BCUT2D eigenvalue weighted by molar-refractivity contribution is 6.08. The van der Waals surface area contributed by atoms with Gasteiger partial charge in [0, 0.05) is 5.92 Å². The Morgan fingerprint density at radius 3 is 2.60 bits per heavy atom. The van der Waals surface area contributed by atoms with Crippen LogP contribution in [0.3, 0.4) is 0 Å². The lowest BCUT2D eigenvalue weighted by Crippen LogP contribution is -2.60. The van der Waals surface area contributed by atoms with Gasteiger partial charge in [0.15, 0.2) is 0 Å². The molecule has 4 rings (SSSR count). The van der Waals surface area contributed by atoms with Gasteiger partial charge in [-0.05, 0) is 42.2 Å². The maximum atomic E-state index is 12.8. The molecule has 1 aromatic carbocycles. The molecule has 1 aliphatic heterocycles. The van der Waals surface area contributed by atoms with Crippen molar-refractivity contribution in [1.29, 1.82) is 0 Å². The number of urea groups is 1. The normalized spacial score (nSPS) is 32.4. The molecule has 2 fully saturated rings. The highest BCUT2D eigenvalue weighted by atomic mass is 16.2. The maximum Gasteiger partial charge on any atom is 0.322 e. The summed E-state index contributed by atoms with van der Waals surface area (Å²) in [5.74, 6) is -0.590. The van der Waals surface area contributed by atoms with Crippen molar-refractivity contribution in [3.05, 3.63) is 35.4 Å². The van der Waals surface area contributed by atoms with Gasteiger partial charge in [-0.2, -0.15) is 0 Å². The number of aryl methyl sites for hydroxylation is 1. The van der Waals surface area contributed by atoms with Gasteiger partial charge in [0.05, 0.1) is 6.04 Å². The quantitative estimate of drug-likeness (QED) is 0.717. The van der Waals surface area contributed by atoms with Crippen LogP contribution in [-0.2, 0) is 16.0 Å². The number of hydrogen-bond donors (Lipinski definition) is 3. The topological polar surface area (TPSA) is 87.3 Å². The van der Waals surface area contributed by atoms with Crippen molar-refractivity contribution in [2.45, 2.75) is 51.1 Å². The lowest BCUT2D eigenvalue weighted by Gasteiger charge is -2.44. The molecule has 1 heterocycles. The van der Waals surface area contributed by atoms with E-state index in [0.29, 0.717) is 12.8 Å². The molecule has 0 aromatic heterocycles. The van der Waals surface area contributed by atoms with Crippen molar-refractivity contribution in [2.75, 3.05) is 0 Å². The number of imide groups is 1. The molecule has 3 N–H and O–H groups in total. The summed E-state index contributed by atoms with van der Waals surface area (Å²) in [5.41, 5.74) is 1.58. The minimum atomic E-state index is -0.876. The molecular weight excluding hydrogens is 318 g/mol. The minimum absolute atomic E-state index is 0.0234. The van der Waals surface area contributed by atoms with E-state index in [1.807, 2.05) is 12.1 Å². The highest BCUT2D eigenvalue weighted by Crippen LogP contribution is 2.45. The van der Waals surface area contributed by atoms with Crippen LogP contribution in [0.2, 0.25) is 0 Å². The molecule has 1 saturated heterocycles. The molecule has 4 amide bonds. The monoisotopic (exact) mass is 341 g/mol. The molecule has 1 unspecified atom stereocenters. The second-order valence-electron chi connectivity index (χ2n) is 8.22. The molecule has 2 aliphatic carbocycles. The van der Waals surface area contributed by atoms with E-state index in [0.717, 1.165) is 12.8 Å². The second kappa shape index (κ2) is 5.31. The van der Waals surface area contributed by atoms with E-state index in [2.05, 4.69) is 41.9 Å². The first kappa shape index (κ1) is 16.1. The first-order chi connectivity index (χ1) is 11.8. The van der Waals surface area contributed by atoms with E-state index in [4.69, 9.17) is 0 Å². The molecule has 6 heteroatoms. The summed E-state index contributed by atoms with van der Waals surface area (Å²) < 4.78 is 0. The van der Waals surface area contributed by atoms with Gasteiger partial charge in [-0.15, -0.1) is 0 Å². The Morgan fingerprint density at radius 2 is 1.92 bits per heavy atom.